The van der Waals surface area contributed by atoms with Crippen LogP contribution in [-0.2, 0) is 4.74 Å². The molecule has 1 N–H and O–H groups in total. The molecule has 0 aromatic carbocycles. The molecule has 0 amide bonds. The molecule has 0 aliphatic carbocycles. The van der Waals surface area contributed by atoms with Crippen molar-refractivity contribution in [3.05, 3.63) is 0 Å². The number of hydrogen-bond acceptors (Lipinski definition) is 2. The van der Waals surface area contributed by atoms with Crippen LogP contribution < -0.4 is 5.32 Å². The maximum Gasteiger partial charge on any atom is 0.0552 e. The number of nitrogens with one attached hydrogen (secondary N) is 1. The molecule has 1 atom stereocenters. The normalized spacial score (nSPS) is 35.2. The summed E-state index contributed by atoms with van der Waals surface area (Å²) in [5, 5.41) is 3.43. The largest absolute Gasteiger partial charge is 0.378 e. The number of hydrogen-bond donors (Lipinski definition) is 1. The summed E-state index contributed by atoms with van der Waals surface area (Å²) >= 11 is 0. The molecule has 1 unspecified atom stereocenters. The highest BCUT2D eigenvalue weighted by Crippen LogP contribution is 2.40. The van der Waals surface area contributed by atoms with Crippen LogP contribution in [0, 0.1) is 5.41 Å². The molecule has 70 valence electrons. The lowest BCUT2D eigenvalue weighted by atomic mass is 9.71. The first kappa shape index (κ1) is 8.52. The van der Waals surface area contributed by atoms with Crippen LogP contribution >= 0.6 is 0 Å². The summed E-state index contributed by atoms with van der Waals surface area (Å²) in [5.41, 5.74) is 0.642. The van der Waals surface area contributed by atoms with Gasteiger partial charge in [-0.1, -0.05) is 0 Å². The van der Waals surface area contributed by atoms with Gasteiger partial charge in [-0.2, -0.15) is 0 Å². The topological polar surface area (TPSA) is 21.3 Å². The van der Waals surface area contributed by atoms with Crippen LogP contribution in [0.25, 0.3) is 0 Å². The first-order chi connectivity index (χ1) is 5.81. The van der Waals surface area contributed by atoms with Gasteiger partial charge < -0.3 is 10.1 Å². The fraction of sp³-hybridized carbons (Fsp3) is 1.00. The van der Waals surface area contributed by atoms with Crippen molar-refractivity contribution in [2.75, 3.05) is 19.7 Å². The van der Waals surface area contributed by atoms with E-state index in [0.717, 1.165) is 6.61 Å². The minimum atomic E-state index is 0.497. The van der Waals surface area contributed by atoms with Crippen molar-refractivity contribution >= 4 is 0 Å². The van der Waals surface area contributed by atoms with Gasteiger partial charge in [0.15, 0.2) is 0 Å². The van der Waals surface area contributed by atoms with Crippen molar-refractivity contribution in [1.29, 1.82) is 0 Å². The smallest absolute Gasteiger partial charge is 0.0552 e. The van der Waals surface area contributed by atoms with E-state index >= 15 is 0 Å². The maximum atomic E-state index is 5.58. The van der Waals surface area contributed by atoms with Crippen molar-refractivity contribution < 1.29 is 4.74 Å². The fourth-order valence-electron chi connectivity index (χ4n) is 2.66. The highest BCUT2D eigenvalue weighted by atomic mass is 16.5. The van der Waals surface area contributed by atoms with E-state index in [1.165, 1.54) is 38.8 Å². The third-order valence-electron chi connectivity index (χ3n) is 3.42. The lowest BCUT2D eigenvalue weighted by Crippen LogP contribution is -2.42. The van der Waals surface area contributed by atoms with E-state index in [0.29, 0.717) is 11.5 Å². The van der Waals surface area contributed by atoms with E-state index in [2.05, 4.69) is 12.2 Å². The van der Waals surface area contributed by atoms with Crippen molar-refractivity contribution in [3.63, 3.8) is 0 Å². The third-order valence-corrected chi connectivity index (χ3v) is 3.42. The van der Waals surface area contributed by atoms with Crippen LogP contribution in [0.15, 0.2) is 0 Å². The summed E-state index contributed by atoms with van der Waals surface area (Å²) in [7, 11) is 0. The predicted octanol–water partition coefficient (Wildman–Crippen LogP) is 1.56. The zero-order valence-corrected chi connectivity index (χ0v) is 7.94. The lowest BCUT2D eigenvalue weighted by molar-refractivity contribution is -0.0503. The Morgan fingerprint density at radius 2 is 2.00 bits per heavy atom. The summed E-state index contributed by atoms with van der Waals surface area (Å²) < 4.78 is 5.58. The van der Waals surface area contributed by atoms with Gasteiger partial charge >= 0.3 is 0 Å². The zero-order valence-electron chi connectivity index (χ0n) is 7.94. The van der Waals surface area contributed by atoms with Gasteiger partial charge in [0.2, 0.25) is 0 Å². The monoisotopic (exact) mass is 169 g/mol. The Labute approximate surface area is 74.7 Å². The molecule has 1 spiro atoms. The summed E-state index contributed by atoms with van der Waals surface area (Å²) in [5.74, 6) is 0. The van der Waals surface area contributed by atoms with Crippen LogP contribution in [0.1, 0.15) is 32.6 Å². The van der Waals surface area contributed by atoms with Crippen molar-refractivity contribution in [2.45, 2.75) is 38.7 Å². The molecule has 0 aromatic rings. The maximum absolute atomic E-state index is 5.58. The molecule has 2 heteroatoms. The molecule has 2 aliphatic rings. The van der Waals surface area contributed by atoms with Gasteiger partial charge in [0.1, 0.15) is 0 Å². The molecule has 2 rings (SSSR count). The first-order valence-electron chi connectivity index (χ1n) is 5.13. The fourth-order valence-corrected chi connectivity index (χ4v) is 2.66. The van der Waals surface area contributed by atoms with Gasteiger partial charge in [-0.3, -0.25) is 0 Å². The average molecular weight is 169 g/mol. The van der Waals surface area contributed by atoms with Gasteiger partial charge in [0.25, 0.3) is 0 Å². The van der Waals surface area contributed by atoms with E-state index in [4.69, 9.17) is 4.74 Å². The molecule has 0 radical (unpaired) electrons. The minimum absolute atomic E-state index is 0.497. The molecule has 0 saturated carbocycles. The van der Waals surface area contributed by atoms with E-state index in [1.54, 1.807) is 0 Å². The van der Waals surface area contributed by atoms with Crippen LogP contribution in [0.4, 0.5) is 0 Å². The van der Waals surface area contributed by atoms with Gasteiger partial charge in [0, 0.05) is 6.61 Å². The van der Waals surface area contributed by atoms with E-state index in [9.17, 15) is 0 Å². The SMILES string of the molecule is CC1CC2(CCNCC2)CCO1. The number of ether oxygens (including phenoxy) is 1. The quantitative estimate of drug-likeness (QED) is 0.594. The van der Waals surface area contributed by atoms with Gasteiger partial charge in [-0.15, -0.1) is 0 Å². The van der Waals surface area contributed by atoms with Gasteiger partial charge in [-0.25, -0.2) is 0 Å². The Bertz CT molecular complexity index is 146. The molecule has 2 aliphatic heterocycles. The highest BCUT2D eigenvalue weighted by Gasteiger charge is 2.36. The average Bonchev–Trinajstić information content (AvgIpc) is 2.05. The lowest BCUT2D eigenvalue weighted by Gasteiger charge is -2.43. The van der Waals surface area contributed by atoms with Gasteiger partial charge in [-0.05, 0) is 51.1 Å². The molecule has 12 heavy (non-hydrogen) atoms. The molecule has 2 heterocycles. The zero-order chi connectivity index (χ0) is 8.44. The molecule has 0 bridgehead atoms. The van der Waals surface area contributed by atoms with E-state index < -0.39 is 0 Å². The second-order valence-corrected chi connectivity index (χ2v) is 4.39. The Hall–Kier alpha value is -0.0800. The van der Waals surface area contributed by atoms with E-state index in [1.807, 2.05) is 0 Å². The number of rotatable bonds is 0. The summed E-state index contributed by atoms with van der Waals surface area (Å²) in [6.07, 6.45) is 5.80. The molecule has 2 nitrogen and oxygen atoms in total. The summed E-state index contributed by atoms with van der Waals surface area (Å²) in [6.45, 7) is 5.63. The van der Waals surface area contributed by atoms with Crippen LogP contribution in [0.2, 0.25) is 0 Å². The van der Waals surface area contributed by atoms with Crippen molar-refractivity contribution in [3.8, 4) is 0 Å². The summed E-state index contributed by atoms with van der Waals surface area (Å²) in [6, 6.07) is 0. The van der Waals surface area contributed by atoms with Crippen molar-refractivity contribution in [1.82, 2.24) is 5.32 Å². The molecular weight excluding hydrogens is 150 g/mol. The predicted molar refractivity (Wildman–Crippen MR) is 49.2 cm³/mol. The molecule has 2 fully saturated rings. The van der Waals surface area contributed by atoms with E-state index in [-0.39, 0.29) is 0 Å². The second-order valence-electron chi connectivity index (χ2n) is 4.39. The highest BCUT2D eigenvalue weighted by molar-refractivity contribution is 4.88. The molecular formula is C10H19NO. The van der Waals surface area contributed by atoms with Crippen LogP contribution in [-0.4, -0.2) is 25.8 Å². The Balaban J connectivity index is 1.97. The second kappa shape index (κ2) is 3.35. The third kappa shape index (κ3) is 1.64. The molecule has 0 aromatic heterocycles. The van der Waals surface area contributed by atoms with Gasteiger partial charge in [0.05, 0.1) is 6.10 Å². The van der Waals surface area contributed by atoms with Crippen molar-refractivity contribution in [2.24, 2.45) is 5.41 Å². The number of piperidine rings is 1. The Morgan fingerprint density at radius 1 is 1.25 bits per heavy atom. The van der Waals surface area contributed by atoms with Crippen LogP contribution in [0.5, 0.6) is 0 Å². The molecule has 2 saturated heterocycles. The Morgan fingerprint density at radius 3 is 2.67 bits per heavy atom. The standard InChI is InChI=1S/C10H19NO/c1-9-8-10(4-7-12-9)2-5-11-6-3-10/h9,11H,2-8H2,1H3. The van der Waals surface area contributed by atoms with Crippen LogP contribution in [0.3, 0.4) is 0 Å². The Kier molecular flexibility index (Phi) is 2.37. The first-order valence-corrected chi connectivity index (χ1v) is 5.13. The minimum Gasteiger partial charge on any atom is -0.378 e. The summed E-state index contributed by atoms with van der Waals surface area (Å²) in [4.78, 5) is 0.